The minimum Gasteiger partial charge on any atom is -0.311 e. The van der Waals surface area contributed by atoms with Gasteiger partial charge in [-0.1, -0.05) is 55.3 Å². The van der Waals surface area contributed by atoms with Crippen LogP contribution in [0.5, 0.6) is 0 Å². The van der Waals surface area contributed by atoms with E-state index in [-0.39, 0.29) is 11.2 Å². The number of amides is 1. The third kappa shape index (κ3) is 4.30. The Balaban J connectivity index is 1.38. The molecule has 0 bridgehead atoms. The molecule has 1 aliphatic heterocycles. The monoisotopic (exact) mass is 452 g/mol. The lowest BCUT2D eigenvalue weighted by Gasteiger charge is -2.26. The Morgan fingerprint density at radius 2 is 2.00 bits per heavy atom. The van der Waals surface area contributed by atoms with Gasteiger partial charge in [0, 0.05) is 29.6 Å². The second-order valence-electron chi connectivity index (χ2n) is 8.45. The number of thiophene rings is 1. The highest BCUT2D eigenvalue weighted by Crippen LogP contribution is 2.36. The van der Waals surface area contributed by atoms with Gasteiger partial charge in [0.25, 0.3) is 0 Å². The van der Waals surface area contributed by atoms with E-state index in [1.54, 1.807) is 23.1 Å². The predicted molar refractivity (Wildman–Crippen MR) is 127 cm³/mol. The van der Waals surface area contributed by atoms with Crippen molar-refractivity contribution in [2.75, 3.05) is 11.4 Å². The first-order chi connectivity index (χ1) is 15.2. The summed E-state index contributed by atoms with van der Waals surface area (Å²) in [6.07, 6.45) is 7.90. The molecule has 0 saturated heterocycles. The van der Waals surface area contributed by atoms with Gasteiger partial charge in [-0.05, 0) is 49.3 Å². The zero-order valence-electron chi connectivity index (χ0n) is 17.9. The smallest absolute Gasteiger partial charge is 0.240 e. The Kier molecular flexibility index (Phi) is 6.14. The average Bonchev–Trinajstić information content (AvgIpc) is 3.54. The lowest BCUT2D eigenvalue weighted by Crippen LogP contribution is -2.35. The number of hydrogen-bond donors (Lipinski definition) is 0. The highest BCUT2D eigenvalue weighted by Gasteiger charge is 2.31. The summed E-state index contributed by atoms with van der Waals surface area (Å²) in [7, 11) is 0. The van der Waals surface area contributed by atoms with Gasteiger partial charge in [-0.15, -0.1) is 21.5 Å². The number of anilines is 1. The van der Waals surface area contributed by atoms with E-state index >= 15 is 0 Å². The van der Waals surface area contributed by atoms with Gasteiger partial charge in [-0.25, -0.2) is 0 Å². The van der Waals surface area contributed by atoms with E-state index in [0.29, 0.717) is 6.04 Å². The van der Waals surface area contributed by atoms with Crippen molar-refractivity contribution in [3.8, 4) is 0 Å². The molecule has 31 heavy (non-hydrogen) atoms. The first-order valence-corrected chi connectivity index (χ1v) is 13.0. The topological polar surface area (TPSA) is 51.0 Å². The van der Waals surface area contributed by atoms with Crippen LogP contribution in [-0.2, 0) is 17.6 Å². The third-order valence-corrected chi connectivity index (χ3v) is 8.29. The van der Waals surface area contributed by atoms with Crippen LogP contribution in [0.1, 0.15) is 61.3 Å². The summed E-state index contributed by atoms with van der Waals surface area (Å²) >= 11 is 3.33. The van der Waals surface area contributed by atoms with Crippen LogP contribution in [0.25, 0.3) is 0 Å². The number of hydrogen-bond acceptors (Lipinski definition) is 5. The number of carbonyl (C=O) groups excluding carboxylic acids is 1. The van der Waals surface area contributed by atoms with Gasteiger partial charge in [-0.2, -0.15) is 0 Å². The molecule has 1 amide bonds. The molecule has 5 rings (SSSR count). The summed E-state index contributed by atoms with van der Waals surface area (Å²) in [6.45, 7) is 2.77. The van der Waals surface area contributed by atoms with E-state index in [1.807, 2.05) is 24.0 Å². The van der Waals surface area contributed by atoms with E-state index < -0.39 is 0 Å². The second-order valence-corrected chi connectivity index (χ2v) is 10.8. The van der Waals surface area contributed by atoms with Gasteiger partial charge < -0.3 is 9.47 Å². The van der Waals surface area contributed by atoms with Crippen LogP contribution in [0.15, 0.2) is 46.9 Å². The van der Waals surface area contributed by atoms with Crippen LogP contribution in [0.3, 0.4) is 0 Å². The van der Waals surface area contributed by atoms with Crippen molar-refractivity contribution in [2.24, 2.45) is 0 Å². The van der Waals surface area contributed by atoms with Crippen LogP contribution in [0.4, 0.5) is 5.69 Å². The fourth-order valence-corrected chi connectivity index (χ4v) is 6.48. The largest absolute Gasteiger partial charge is 0.311 e. The van der Waals surface area contributed by atoms with Crippen molar-refractivity contribution in [3.63, 3.8) is 0 Å². The molecule has 2 aliphatic rings. The molecule has 0 unspecified atom stereocenters. The highest BCUT2D eigenvalue weighted by molar-refractivity contribution is 8.00. The van der Waals surface area contributed by atoms with Crippen molar-refractivity contribution < 1.29 is 4.79 Å². The number of aromatic nitrogens is 3. The van der Waals surface area contributed by atoms with Crippen molar-refractivity contribution >= 4 is 34.7 Å². The summed E-state index contributed by atoms with van der Waals surface area (Å²) in [5.74, 6) is 1.19. The summed E-state index contributed by atoms with van der Waals surface area (Å²) in [6, 6.07) is 12.9. The molecule has 2 aromatic heterocycles. The highest BCUT2D eigenvalue weighted by atomic mass is 32.2. The van der Waals surface area contributed by atoms with E-state index in [1.165, 1.54) is 42.5 Å². The zero-order chi connectivity index (χ0) is 21.2. The lowest BCUT2D eigenvalue weighted by atomic mass is 9.95. The van der Waals surface area contributed by atoms with Gasteiger partial charge in [0.15, 0.2) is 5.16 Å². The number of carbonyl (C=O) groups is 1. The summed E-state index contributed by atoms with van der Waals surface area (Å²) in [4.78, 5) is 16.6. The Morgan fingerprint density at radius 1 is 1.16 bits per heavy atom. The molecule has 0 spiro atoms. The van der Waals surface area contributed by atoms with Gasteiger partial charge in [0.05, 0.1) is 5.25 Å². The Hall–Kier alpha value is -2.12. The molecule has 3 heterocycles. The van der Waals surface area contributed by atoms with Crippen molar-refractivity contribution in [3.05, 3.63) is 58.0 Å². The van der Waals surface area contributed by atoms with Crippen molar-refractivity contribution in [1.29, 1.82) is 0 Å². The molecule has 162 valence electrons. The van der Waals surface area contributed by atoms with E-state index in [9.17, 15) is 4.79 Å². The number of benzene rings is 1. The lowest BCUT2D eigenvalue weighted by molar-refractivity contribution is -0.117. The number of para-hydroxylation sites is 1. The molecular formula is C24H28N4OS2. The number of thioether (sulfide) groups is 1. The first-order valence-electron chi connectivity index (χ1n) is 11.2. The predicted octanol–water partition coefficient (Wildman–Crippen LogP) is 5.51. The quantitative estimate of drug-likeness (QED) is 0.463. The molecule has 5 nitrogen and oxygen atoms in total. The van der Waals surface area contributed by atoms with E-state index in [2.05, 4.69) is 44.4 Å². The van der Waals surface area contributed by atoms with Crippen LogP contribution in [-0.4, -0.2) is 32.5 Å². The average molecular weight is 453 g/mol. The van der Waals surface area contributed by atoms with Gasteiger partial charge in [0.2, 0.25) is 5.91 Å². The van der Waals surface area contributed by atoms with E-state index in [0.717, 1.165) is 36.1 Å². The van der Waals surface area contributed by atoms with E-state index in [4.69, 9.17) is 0 Å². The van der Waals surface area contributed by atoms with Crippen molar-refractivity contribution in [2.45, 2.75) is 68.3 Å². The summed E-state index contributed by atoms with van der Waals surface area (Å²) in [5, 5.41) is 12.0. The number of nitrogens with zero attached hydrogens (tertiary/aromatic N) is 4. The molecule has 1 aliphatic carbocycles. The van der Waals surface area contributed by atoms with Crippen LogP contribution >= 0.6 is 23.1 Å². The first kappa shape index (κ1) is 20.8. The molecule has 1 fully saturated rings. The van der Waals surface area contributed by atoms with Gasteiger partial charge in [-0.3, -0.25) is 4.79 Å². The minimum atomic E-state index is -0.202. The Morgan fingerprint density at radius 3 is 2.81 bits per heavy atom. The van der Waals surface area contributed by atoms with Gasteiger partial charge in [0.1, 0.15) is 5.82 Å². The Bertz CT molecular complexity index is 1040. The van der Waals surface area contributed by atoms with Gasteiger partial charge >= 0.3 is 0 Å². The number of fused-ring (bicyclic) bond motifs is 1. The molecule has 7 heteroatoms. The molecule has 0 N–H and O–H groups in total. The second kappa shape index (κ2) is 9.17. The van der Waals surface area contributed by atoms with Crippen LogP contribution < -0.4 is 4.90 Å². The molecule has 0 radical (unpaired) electrons. The normalized spacial score (nSPS) is 17.6. The fourth-order valence-electron chi connectivity index (χ4n) is 4.78. The minimum absolute atomic E-state index is 0.160. The SMILES string of the molecule is C[C@@H](Sc1nnc(Cc2cccs2)n1C1CCCCC1)C(=O)N1CCc2ccccc21. The maximum atomic E-state index is 13.3. The fraction of sp³-hybridized carbons (Fsp3) is 0.458. The zero-order valence-corrected chi connectivity index (χ0v) is 19.5. The maximum absolute atomic E-state index is 13.3. The van der Waals surface area contributed by atoms with Crippen LogP contribution in [0, 0.1) is 0 Å². The summed E-state index contributed by atoms with van der Waals surface area (Å²) in [5.41, 5.74) is 2.32. The number of rotatable bonds is 6. The molecule has 3 aromatic rings. The third-order valence-electron chi connectivity index (χ3n) is 6.37. The van der Waals surface area contributed by atoms with Crippen molar-refractivity contribution in [1.82, 2.24) is 14.8 Å². The standard InChI is InChI=1S/C24H28N4OS2/c1-17(23(29)27-14-13-18-8-5-6-12-21(18)27)31-24-26-25-22(16-20-11-7-15-30-20)28(24)19-9-3-2-4-10-19/h5-8,11-12,15,17,19H,2-4,9-10,13-14,16H2,1H3/t17-/m1/s1. The van der Waals surface area contributed by atoms with Crippen LogP contribution in [0.2, 0.25) is 0 Å². The molecule has 1 aromatic carbocycles. The molecular weight excluding hydrogens is 424 g/mol. The Labute approximate surface area is 191 Å². The molecule has 1 saturated carbocycles. The summed E-state index contributed by atoms with van der Waals surface area (Å²) < 4.78 is 2.35. The molecule has 1 atom stereocenters. The maximum Gasteiger partial charge on any atom is 0.240 e.